The SMILES string of the molecule is CCc1ccc(C(NN)C2CCOC3(CCOC3)C2)o1. The minimum Gasteiger partial charge on any atom is -0.464 e. The summed E-state index contributed by atoms with van der Waals surface area (Å²) in [6.45, 7) is 4.37. The van der Waals surface area contributed by atoms with E-state index in [1.54, 1.807) is 0 Å². The van der Waals surface area contributed by atoms with E-state index in [-0.39, 0.29) is 11.6 Å². The van der Waals surface area contributed by atoms with Gasteiger partial charge in [-0.15, -0.1) is 0 Å². The van der Waals surface area contributed by atoms with Gasteiger partial charge >= 0.3 is 0 Å². The molecule has 2 fully saturated rings. The van der Waals surface area contributed by atoms with Crippen molar-refractivity contribution in [2.24, 2.45) is 11.8 Å². The van der Waals surface area contributed by atoms with Gasteiger partial charge in [0.2, 0.25) is 0 Å². The van der Waals surface area contributed by atoms with Crippen molar-refractivity contribution in [2.45, 2.75) is 44.2 Å². The summed E-state index contributed by atoms with van der Waals surface area (Å²) in [5.41, 5.74) is 2.84. The van der Waals surface area contributed by atoms with Crippen LogP contribution in [0, 0.1) is 5.92 Å². The minimum absolute atomic E-state index is 0.0525. The van der Waals surface area contributed by atoms with Crippen LogP contribution in [0.15, 0.2) is 16.5 Å². The molecule has 1 spiro atoms. The Kier molecular flexibility index (Phi) is 4.12. The van der Waals surface area contributed by atoms with Crippen molar-refractivity contribution < 1.29 is 13.9 Å². The zero-order valence-electron chi connectivity index (χ0n) is 12.1. The van der Waals surface area contributed by atoms with Crippen LogP contribution in [-0.4, -0.2) is 25.4 Å². The first-order chi connectivity index (χ1) is 9.76. The van der Waals surface area contributed by atoms with Crippen molar-refractivity contribution in [3.63, 3.8) is 0 Å². The first kappa shape index (κ1) is 14.1. The third-order valence-electron chi connectivity index (χ3n) is 4.59. The van der Waals surface area contributed by atoms with E-state index in [4.69, 9.17) is 19.7 Å². The molecule has 3 unspecified atom stereocenters. The van der Waals surface area contributed by atoms with Crippen molar-refractivity contribution in [1.82, 2.24) is 5.43 Å². The molecule has 1 aromatic heterocycles. The van der Waals surface area contributed by atoms with Gasteiger partial charge in [-0.25, -0.2) is 5.43 Å². The van der Waals surface area contributed by atoms with Gasteiger partial charge in [0.15, 0.2) is 0 Å². The van der Waals surface area contributed by atoms with Crippen molar-refractivity contribution in [3.05, 3.63) is 23.7 Å². The fourth-order valence-corrected chi connectivity index (χ4v) is 3.42. The highest BCUT2D eigenvalue weighted by Crippen LogP contribution is 2.41. The number of hydrogen-bond donors (Lipinski definition) is 2. The average Bonchev–Trinajstić information content (AvgIpc) is 3.10. The molecule has 0 aliphatic carbocycles. The van der Waals surface area contributed by atoms with E-state index >= 15 is 0 Å². The smallest absolute Gasteiger partial charge is 0.122 e. The molecule has 3 rings (SSSR count). The number of rotatable bonds is 4. The van der Waals surface area contributed by atoms with Crippen LogP contribution >= 0.6 is 0 Å². The molecule has 3 atom stereocenters. The number of ether oxygens (including phenoxy) is 2. The van der Waals surface area contributed by atoms with Crippen LogP contribution in [0.5, 0.6) is 0 Å². The first-order valence-corrected chi connectivity index (χ1v) is 7.53. The lowest BCUT2D eigenvalue weighted by Crippen LogP contribution is -2.45. The van der Waals surface area contributed by atoms with E-state index in [1.165, 1.54) is 0 Å². The maximum absolute atomic E-state index is 5.99. The molecular weight excluding hydrogens is 256 g/mol. The van der Waals surface area contributed by atoms with Gasteiger partial charge in [-0.1, -0.05) is 6.92 Å². The third-order valence-corrected chi connectivity index (χ3v) is 4.59. The molecule has 112 valence electrons. The highest BCUT2D eigenvalue weighted by atomic mass is 16.6. The molecule has 0 radical (unpaired) electrons. The zero-order valence-corrected chi connectivity index (χ0v) is 12.1. The molecule has 2 aliphatic rings. The van der Waals surface area contributed by atoms with Gasteiger partial charge in [-0.3, -0.25) is 5.84 Å². The summed E-state index contributed by atoms with van der Waals surface area (Å²) < 4.78 is 17.4. The lowest BCUT2D eigenvalue weighted by Gasteiger charge is -2.39. The molecule has 2 aliphatic heterocycles. The van der Waals surface area contributed by atoms with Crippen LogP contribution in [0.2, 0.25) is 0 Å². The van der Waals surface area contributed by atoms with Crippen LogP contribution in [0.1, 0.15) is 43.7 Å². The van der Waals surface area contributed by atoms with E-state index in [0.29, 0.717) is 12.5 Å². The summed E-state index contributed by atoms with van der Waals surface area (Å²) in [7, 11) is 0. The number of furan rings is 1. The number of nitrogens with one attached hydrogen (secondary N) is 1. The Hall–Kier alpha value is -0.880. The van der Waals surface area contributed by atoms with Gasteiger partial charge in [0, 0.05) is 26.1 Å². The summed E-state index contributed by atoms with van der Waals surface area (Å²) >= 11 is 0. The van der Waals surface area contributed by atoms with E-state index in [1.807, 2.05) is 12.1 Å². The summed E-state index contributed by atoms with van der Waals surface area (Å²) in [4.78, 5) is 0. The molecule has 20 heavy (non-hydrogen) atoms. The Morgan fingerprint density at radius 2 is 2.35 bits per heavy atom. The van der Waals surface area contributed by atoms with Crippen LogP contribution in [-0.2, 0) is 15.9 Å². The van der Waals surface area contributed by atoms with Crippen molar-refractivity contribution >= 4 is 0 Å². The zero-order chi connectivity index (χ0) is 14.0. The van der Waals surface area contributed by atoms with Gasteiger partial charge in [0.25, 0.3) is 0 Å². The van der Waals surface area contributed by atoms with E-state index in [0.717, 1.165) is 50.4 Å². The normalized spacial score (nSPS) is 31.8. The Morgan fingerprint density at radius 3 is 3.00 bits per heavy atom. The first-order valence-electron chi connectivity index (χ1n) is 7.53. The molecule has 1 aromatic rings. The molecule has 5 nitrogen and oxygen atoms in total. The lowest BCUT2D eigenvalue weighted by molar-refractivity contribution is -0.104. The maximum atomic E-state index is 5.99. The van der Waals surface area contributed by atoms with Crippen molar-refractivity contribution in [2.75, 3.05) is 19.8 Å². The topological polar surface area (TPSA) is 69.7 Å². The number of hydrazine groups is 1. The standard InChI is InChI=1S/C15H24N2O3/c1-2-12-3-4-13(20-12)14(17-16)11-5-7-19-15(9-11)6-8-18-10-15/h3-4,11,14,17H,2,5-10,16H2,1H3. The Bertz CT molecular complexity index is 440. The largest absolute Gasteiger partial charge is 0.464 e. The highest BCUT2D eigenvalue weighted by Gasteiger charge is 2.43. The molecule has 2 saturated heterocycles. The minimum atomic E-state index is -0.0990. The summed E-state index contributed by atoms with van der Waals surface area (Å²) in [5.74, 6) is 8.16. The maximum Gasteiger partial charge on any atom is 0.122 e. The Balaban J connectivity index is 1.75. The van der Waals surface area contributed by atoms with Crippen LogP contribution in [0.25, 0.3) is 0 Å². The Morgan fingerprint density at radius 1 is 1.45 bits per heavy atom. The van der Waals surface area contributed by atoms with Crippen LogP contribution in [0.4, 0.5) is 0 Å². The number of aryl methyl sites for hydroxylation is 1. The molecule has 3 N–H and O–H groups in total. The van der Waals surface area contributed by atoms with Gasteiger partial charge in [-0.05, 0) is 30.9 Å². The van der Waals surface area contributed by atoms with Gasteiger partial charge < -0.3 is 13.9 Å². The second-order valence-electron chi connectivity index (χ2n) is 5.89. The van der Waals surface area contributed by atoms with E-state index in [9.17, 15) is 0 Å². The predicted molar refractivity (Wildman–Crippen MR) is 75.0 cm³/mol. The van der Waals surface area contributed by atoms with E-state index < -0.39 is 0 Å². The molecule has 0 aromatic carbocycles. The van der Waals surface area contributed by atoms with E-state index in [2.05, 4.69) is 12.3 Å². The van der Waals surface area contributed by atoms with Crippen LogP contribution in [0.3, 0.4) is 0 Å². The van der Waals surface area contributed by atoms with Gasteiger partial charge in [-0.2, -0.15) is 0 Å². The highest BCUT2D eigenvalue weighted by molar-refractivity contribution is 5.12. The number of nitrogens with two attached hydrogens (primary N) is 1. The van der Waals surface area contributed by atoms with Crippen LogP contribution < -0.4 is 11.3 Å². The van der Waals surface area contributed by atoms with Gasteiger partial charge in [0.05, 0.1) is 18.2 Å². The molecular formula is C15H24N2O3. The average molecular weight is 280 g/mol. The second-order valence-corrected chi connectivity index (χ2v) is 5.89. The Labute approximate surface area is 119 Å². The lowest BCUT2D eigenvalue weighted by atomic mass is 9.80. The molecule has 0 saturated carbocycles. The molecule has 3 heterocycles. The summed E-state index contributed by atoms with van der Waals surface area (Å²) in [6, 6.07) is 4.13. The van der Waals surface area contributed by atoms with Gasteiger partial charge in [0.1, 0.15) is 11.5 Å². The fourth-order valence-electron chi connectivity index (χ4n) is 3.42. The molecule has 0 amide bonds. The molecule has 5 heteroatoms. The third kappa shape index (κ3) is 2.63. The summed E-state index contributed by atoms with van der Waals surface area (Å²) in [6.07, 6.45) is 3.87. The molecule has 0 bridgehead atoms. The second kappa shape index (κ2) is 5.85. The number of hydrogen-bond acceptors (Lipinski definition) is 5. The quantitative estimate of drug-likeness (QED) is 0.651. The summed E-state index contributed by atoms with van der Waals surface area (Å²) in [5, 5.41) is 0. The van der Waals surface area contributed by atoms with Crippen molar-refractivity contribution in [3.8, 4) is 0 Å². The van der Waals surface area contributed by atoms with Crippen molar-refractivity contribution in [1.29, 1.82) is 0 Å². The fraction of sp³-hybridized carbons (Fsp3) is 0.733. The monoisotopic (exact) mass is 280 g/mol. The predicted octanol–water partition coefficient (Wildman–Crippen LogP) is 1.93.